The Kier molecular flexibility index (Phi) is 2.72. The molecule has 1 N–H and O–H groups in total. The summed E-state index contributed by atoms with van der Waals surface area (Å²) in [6, 6.07) is 13.3. The zero-order valence-electron chi connectivity index (χ0n) is 9.35. The van der Waals surface area contributed by atoms with E-state index in [1.165, 1.54) is 0 Å². The highest BCUT2D eigenvalue weighted by molar-refractivity contribution is 9.10. The fourth-order valence-electron chi connectivity index (χ4n) is 1.88. The van der Waals surface area contributed by atoms with Crippen molar-refractivity contribution >= 4 is 33.2 Å². The standard InChI is InChI=1S/C14H9BrN2O/c15-11-4-2-1-3-10(11)14-16-12-6-5-9(8-18)7-13(12)17-14/h1-8H,(H,16,17). The average molecular weight is 301 g/mol. The third-order valence-electron chi connectivity index (χ3n) is 2.77. The van der Waals surface area contributed by atoms with Crippen LogP contribution in [0.15, 0.2) is 46.9 Å². The van der Waals surface area contributed by atoms with Crippen LogP contribution in [0.3, 0.4) is 0 Å². The second-order valence-electron chi connectivity index (χ2n) is 3.96. The zero-order valence-corrected chi connectivity index (χ0v) is 10.9. The summed E-state index contributed by atoms with van der Waals surface area (Å²) in [5.41, 5.74) is 3.36. The van der Waals surface area contributed by atoms with Gasteiger partial charge in [0.25, 0.3) is 0 Å². The summed E-state index contributed by atoms with van der Waals surface area (Å²) in [6.07, 6.45) is 0.832. The Balaban J connectivity index is 2.19. The van der Waals surface area contributed by atoms with Gasteiger partial charge in [0.1, 0.15) is 12.1 Å². The van der Waals surface area contributed by atoms with Crippen LogP contribution < -0.4 is 0 Å². The summed E-state index contributed by atoms with van der Waals surface area (Å²) in [5, 5.41) is 0. The van der Waals surface area contributed by atoms with E-state index in [9.17, 15) is 4.79 Å². The molecule has 4 heteroatoms. The lowest BCUT2D eigenvalue weighted by Gasteiger charge is -1.98. The van der Waals surface area contributed by atoms with Crippen molar-refractivity contribution in [3.63, 3.8) is 0 Å². The van der Waals surface area contributed by atoms with Crippen LogP contribution in [0.1, 0.15) is 10.4 Å². The van der Waals surface area contributed by atoms with Crippen molar-refractivity contribution in [1.82, 2.24) is 9.97 Å². The maximum atomic E-state index is 10.7. The number of carbonyl (C=O) groups excluding carboxylic acids is 1. The van der Waals surface area contributed by atoms with Gasteiger partial charge in [-0.15, -0.1) is 0 Å². The Morgan fingerprint density at radius 1 is 1.17 bits per heavy atom. The molecule has 0 amide bonds. The Labute approximate surface area is 112 Å². The second kappa shape index (κ2) is 4.38. The molecule has 0 saturated carbocycles. The number of rotatable bonds is 2. The molecule has 0 unspecified atom stereocenters. The van der Waals surface area contributed by atoms with Crippen LogP contribution in [-0.4, -0.2) is 16.3 Å². The number of aromatic amines is 1. The van der Waals surface area contributed by atoms with Gasteiger partial charge in [0.15, 0.2) is 0 Å². The number of nitrogens with zero attached hydrogens (tertiary/aromatic N) is 1. The van der Waals surface area contributed by atoms with Crippen molar-refractivity contribution in [3.05, 3.63) is 52.5 Å². The molecule has 0 spiro atoms. The van der Waals surface area contributed by atoms with E-state index in [1.807, 2.05) is 30.3 Å². The normalized spacial score (nSPS) is 10.7. The van der Waals surface area contributed by atoms with Gasteiger partial charge in [0.05, 0.1) is 11.0 Å². The smallest absolute Gasteiger partial charge is 0.150 e. The predicted octanol–water partition coefficient (Wildman–Crippen LogP) is 3.80. The number of aromatic nitrogens is 2. The zero-order chi connectivity index (χ0) is 12.5. The van der Waals surface area contributed by atoms with E-state index in [-0.39, 0.29) is 0 Å². The molecule has 0 aliphatic rings. The van der Waals surface area contributed by atoms with Crippen molar-refractivity contribution in [3.8, 4) is 11.4 Å². The molecular formula is C14H9BrN2O. The van der Waals surface area contributed by atoms with Crippen LogP contribution in [0.2, 0.25) is 0 Å². The van der Waals surface area contributed by atoms with Gasteiger partial charge in [-0.3, -0.25) is 4.79 Å². The Morgan fingerprint density at radius 2 is 2.00 bits per heavy atom. The number of nitrogens with one attached hydrogen (secondary N) is 1. The first-order valence-corrected chi connectivity index (χ1v) is 6.27. The molecular weight excluding hydrogens is 292 g/mol. The molecule has 0 atom stereocenters. The third kappa shape index (κ3) is 1.84. The third-order valence-corrected chi connectivity index (χ3v) is 3.46. The molecule has 0 aliphatic carbocycles. The summed E-state index contributed by atoms with van der Waals surface area (Å²) >= 11 is 3.50. The molecule has 0 radical (unpaired) electrons. The molecule has 18 heavy (non-hydrogen) atoms. The Morgan fingerprint density at radius 3 is 2.78 bits per heavy atom. The minimum atomic E-state index is 0.643. The van der Waals surface area contributed by atoms with E-state index in [0.29, 0.717) is 5.56 Å². The monoisotopic (exact) mass is 300 g/mol. The van der Waals surface area contributed by atoms with Crippen LogP contribution in [0.5, 0.6) is 0 Å². The molecule has 0 saturated heterocycles. The fourth-order valence-corrected chi connectivity index (χ4v) is 2.35. The number of halogens is 1. The van der Waals surface area contributed by atoms with Crippen molar-refractivity contribution in [2.24, 2.45) is 0 Å². The van der Waals surface area contributed by atoms with Crippen molar-refractivity contribution in [2.45, 2.75) is 0 Å². The lowest BCUT2D eigenvalue weighted by Crippen LogP contribution is -1.81. The van der Waals surface area contributed by atoms with E-state index >= 15 is 0 Å². The van der Waals surface area contributed by atoms with Crippen LogP contribution in [0, 0.1) is 0 Å². The van der Waals surface area contributed by atoms with E-state index in [1.54, 1.807) is 12.1 Å². The van der Waals surface area contributed by atoms with Crippen LogP contribution in [-0.2, 0) is 0 Å². The van der Waals surface area contributed by atoms with Gasteiger partial charge < -0.3 is 4.98 Å². The van der Waals surface area contributed by atoms with Gasteiger partial charge in [-0.1, -0.05) is 34.1 Å². The topological polar surface area (TPSA) is 45.8 Å². The fraction of sp³-hybridized carbons (Fsp3) is 0. The molecule has 0 bridgehead atoms. The van der Waals surface area contributed by atoms with E-state index < -0.39 is 0 Å². The number of hydrogen-bond donors (Lipinski definition) is 1. The number of imidazole rings is 1. The van der Waals surface area contributed by atoms with Gasteiger partial charge in [0.2, 0.25) is 0 Å². The Bertz CT molecular complexity index is 733. The second-order valence-corrected chi connectivity index (χ2v) is 4.81. The van der Waals surface area contributed by atoms with Crippen molar-refractivity contribution in [2.75, 3.05) is 0 Å². The summed E-state index contributed by atoms with van der Waals surface area (Å²) in [4.78, 5) is 18.5. The minimum absolute atomic E-state index is 0.643. The van der Waals surface area contributed by atoms with Gasteiger partial charge >= 0.3 is 0 Å². The highest BCUT2D eigenvalue weighted by Gasteiger charge is 2.08. The first-order chi connectivity index (χ1) is 8.78. The van der Waals surface area contributed by atoms with Gasteiger partial charge in [-0.25, -0.2) is 4.98 Å². The summed E-state index contributed by atoms with van der Waals surface area (Å²) in [6.45, 7) is 0. The van der Waals surface area contributed by atoms with Crippen LogP contribution >= 0.6 is 15.9 Å². The molecule has 0 aliphatic heterocycles. The van der Waals surface area contributed by atoms with Crippen molar-refractivity contribution in [1.29, 1.82) is 0 Å². The molecule has 3 aromatic rings. The quantitative estimate of drug-likeness (QED) is 0.732. The highest BCUT2D eigenvalue weighted by Crippen LogP contribution is 2.27. The van der Waals surface area contributed by atoms with E-state index in [2.05, 4.69) is 25.9 Å². The molecule has 3 nitrogen and oxygen atoms in total. The highest BCUT2D eigenvalue weighted by atomic mass is 79.9. The number of benzene rings is 2. The maximum Gasteiger partial charge on any atom is 0.150 e. The molecule has 1 heterocycles. The van der Waals surface area contributed by atoms with E-state index in [0.717, 1.165) is 33.2 Å². The average Bonchev–Trinajstić information content (AvgIpc) is 2.81. The van der Waals surface area contributed by atoms with Gasteiger partial charge in [-0.2, -0.15) is 0 Å². The van der Waals surface area contributed by atoms with Crippen molar-refractivity contribution < 1.29 is 4.79 Å². The first-order valence-electron chi connectivity index (χ1n) is 5.48. The van der Waals surface area contributed by atoms with Gasteiger partial charge in [0, 0.05) is 15.6 Å². The Hall–Kier alpha value is -1.94. The molecule has 3 rings (SSSR count). The molecule has 1 aromatic heterocycles. The SMILES string of the molecule is O=Cc1ccc2nc(-c3ccccc3Br)[nH]c2c1. The first kappa shape index (κ1) is 11.2. The number of aldehydes is 1. The largest absolute Gasteiger partial charge is 0.338 e. The van der Waals surface area contributed by atoms with Gasteiger partial charge in [-0.05, 0) is 24.3 Å². The van der Waals surface area contributed by atoms with Crippen LogP contribution in [0.4, 0.5) is 0 Å². The summed E-state index contributed by atoms with van der Waals surface area (Å²) in [5.74, 6) is 0.792. The molecule has 0 fully saturated rings. The minimum Gasteiger partial charge on any atom is -0.338 e. The summed E-state index contributed by atoms with van der Waals surface area (Å²) in [7, 11) is 0. The number of hydrogen-bond acceptors (Lipinski definition) is 2. The number of carbonyl (C=O) groups is 1. The summed E-state index contributed by atoms with van der Waals surface area (Å²) < 4.78 is 0.986. The number of fused-ring (bicyclic) bond motifs is 1. The predicted molar refractivity (Wildman–Crippen MR) is 74.6 cm³/mol. The maximum absolute atomic E-state index is 10.7. The molecule has 2 aromatic carbocycles. The number of H-pyrrole nitrogens is 1. The van der Waals surface area contributed by atoms with E-state index in [4.69, 9.17) is 0 Å². The molecule has 88 valence electrons. The van der Waals surface area contributed by atoms with Crippen LogP contribution in [0.25, 0.3) is 22.4 Å². The lowest BCUT2D eigenvalue weighted by molar-refractivity contribution is 0.112. The lowest BCUT2D eigenvalue weighted by atomic mass is 10.2.